The molecule has 2 N–H and O–H groups in total. The lowest BCUT2D eigenvalue weighted by atomic mass is 9.95. The average molecular weight is 307 g/mol. The summed E-state index contributed by atoms with van der Waals surface area (Å²) >= 11 is 0. The molecule has 1 amide bonds. The Morgan fingerprint density at radius 1 is 1.37 bits per heavy atom. The minimum Gasteiger partial charge on any atom is -0.348 e. The standard InChI is InChI=1S/C12H18N4O.2ClH/c1-8-5-13-4-3-10(8)16-12(17)11-7-14-9(2)6-15-11;;/h6-8,10,13H,3-5H2,1-2H3,(H,16,17);2*1H. The molecule has 19 heavy (non-hydrogen) atoms. The second-order valence-electron chi connectivity index (χ2n) is 4.59. The number of halogens is 2. The van der Waals surface area contributed by atoms with E-state index in [2.05, 4.69) is 27.5 Å². The summed E-state index contributed by atoms with van der Waals surface area (Å²) in [5.74, 6) is 0.322. The molecule has 108 valence electrons. The molecule has 7 heteroatoms. The first-order chi connectivity index (χ1) is 8.16. The molecule has 0 aliphatic carbocycles. The van der Waals surface area contributed by atoms with Crippen LogP contribution in [0.25, 0.3) is 0 Å². The van der Waals surface area contributed by atoms with Crippen LogP contribution in [0.3, 0.4) is 0 Å². The molecule has 0 spiro atoms. The van der Waals surface area contributed by atoms with E-state index in [0.717, 1.165) is 25.2 Å². The van der Waals surface area contributed by atoms with Crippen LogP contribution in [0.4, 0.5) is 0 Å². The van der Waals surface area contributed by atoms with Crippen LogP contribution in [0.2, 0.25) is 0 Å². The number of carbonyl (C=O) groups is 1. The molecule has 0 radical (unpaired) electrons. The minimum atomic E-state index is -0.128. The van der Waals surface area contributed by atoms with E-state index in [4.69, 9.17) is 0 Å². The van der Waals surface area contributed by atoms with E-state index in [0.29, 0.717) is 11.6 Å². The topological polar surface area (TPSA) is 66.9 Å². The van der Waals surface area contributed by atoms with Gasteiger partial charge in [-0.1, -0.05) is 6.92 Å². The summed E-state index contributed by atoms with van der Waals surface area (Å²) in [7, 11) is 0. The van der Waals surface area contributed by atoms with E-state index in [1.165, 1.54) is 6.20 Å². The highest BCUT2D eigenvalue weighted by atomic mass is 35.5. The van der Waals surface area contributed by atoms with E-state index in [1.807, 2.05) is 6.92 Å². The van der Waals surface area contributed by atoms with Crippen molar-refractivity contribution in [1.29, 1.82) is 0 Å². The van der Waals surface area contributed by atoms with Crippen LogP contribution < -0.4 is 10.6 Å². The third-order valence-corrected chi connectivity index (χ3v) is 3.12. The maximum Gasteiger partial charge on any atom is 0.271 e. The summed E-state index contributed by atoms with van der Waals surface area (Å²) in [5.41, 5.74) is 1.21. The summed E-state index contributed by atoms with van der Waals surface area (Å²) in [6.45, 7) is 5.89. The number of aromatic nitrogens is 2. The molecule has 0 aromatic carbocycles. The van der Waals surface area contributed by atoms with E-state index < -0.39 is 0 Å². The van der Waals surface area contributed by atoms with Gasteiger partial charge in [0.15, 0.2) is 0 Å². The summed E-state index contributed by atoms with van der Waals surface area (Å²) in [5, 5.41) is 6.33. The van der Waals surface area contributed by atoms with Gasteiger partial charge in [0.25, 0.3) is 5.91 Å². The van der Waals surface area contributed by atoms with Crippen molar-refractivity contribution in [3.63, 3.8) is 0 Å². The molecule has 2 atom stereocenters. The van der Waals surface area contributed by atoms with Gasteiger partial charge in [0, 0.05) is 12.2 Å². The van der Waals surface area contributed by atoms with Gasteiger partial charge in [-0.15, -0.1) is 24.8 Å². The van der Waals surface area contributed by atoms with Gasteiger partial charge in [-0.2, -0.15) is 0 Å². The number of aryl methyl sites for hydroxylation is 1. The fraction of sp³-hybridized carbons (Fsp3) is 0.583. The Kier molecular flexibility index (Phi) is 7.90. The first kappa shape index (κ1) is 18.1. The van der Waals surface area contributed by atoms with Crippen molar-refractivity contribution in [2.24, 2.45) is 5.92 Å². The number of piperidine rings is 1. The van der Waals surface area contributed by atoms with Gasteiger partial charge in [0.2, 0.25) is 0 Å². The largest absolute Gasteiger partial charge is 0.348 e. The number of nitrogens with zero attached hydrogens (tertiary/aromatic N) is 2. The van der Waals surface area contributed by atoms with Crippen LogP contribution in [-0.4, -0.2) is 35.0 Å². The number of hydrogen-bond acceptors (Lipinski definition) is 4. The van der Waals surface area contributed by atoms with Gasteiger partial charge in [-0.05, 0) is 32.4 Å². The second kappa shape index (κ2) is 8.30. The summed E-state index contributed by atoms with van der Waals surface area (Å²) in [6.07, 6.45) is 4.10. The van der Waals surface area contributed by atoms with Crippen LogP contribution in [0.1, 0.15) is 29.5 Å². The van der Waals surface area contributed by atoms with Crippen molar-refractivity contribution in [1.82, 2.24) is 20.6 Å². The third-order valence-electron chi connectivity index (χ3n) is 3.12. The first-order valence-electron chi connectivity index (χ1n) is 5.97. The second-order valence-corrected chi connectivity index (χ2v) is 4.59. The van der Waals surface area contributed by atoms with E-state index in [9.17, 15) is 4.79 Å². The van der Waals surface area contributed by atoms with Crippen molar-refractivity contribution in [2.45, 2.75) is 26.3 Å². The zero-order valence-electron chi connectivity index (χ0n) is 11.0. The van der Waals surface area contributed by atoms with Gasteiger partial charge < -0.3 is 10.6 Å². The summed E-state index contributed by atoms with van der Waals surface area (Å²) < 4.78 is 0. The number of carbonyl (C=O) groups excluding carboxylic acids is 1. The fourth-order valence-electron chi connectivity index (χ4n) is 1.98. The molecule has 0 saturated carbocycles. The lowest BCUT2D eigenvalue weighted by molar-refractivity contribution is 0.0908. The third kappa shape index (κ3) is 4.93. The highest BCUT2D eigenvalue weighted by molar-refractivity contribution is 5.92. The maximum atomic E-state index is 11.9. The fourth-order valence-corrected chi connectivity index (χ4v) is 1.98. The molecule has 2 rings (SSSR count). The molecule has 2 heterocycles. The molecule has 2 unspecified atom stereocenters. The normalized spacial score (nSPS) is 21.8. The zero-order valence-corrected chi connectivity index (χ0v) is 12.7. The Hall–Kier alpha value is -0.910. The van der Waals surface area contributed by atoms with E-state index >= 15 is 0 Å². The molecular formula is C12H20Cl2N4O. The molecule has 1 aromatic heterocycles. The summed E-state index contributed by atoms with van der Waals surface area (Å²) in [4.78, 5) is 20.1. The smallest absolute Gasteiger partial charge is 0.271 e. The highest BCUT2D eigenvalue weighted by Gasteiger charge is 2.23. The van der Waals surface area contributed by atoms with Crippen molar-refractivity contribution >= 4 is 30.7 Å². The number of amides is 1. The van der Waals surface area contributed by atoms with Gasteiger partial charge in [0.05, 0.1) is 11.9 Å². The molecule has 1 saturated heterocycles. The molecule has 1 aromatic rings. The summed E-state index contributed by atoms with van der Waals surface area (Å²) in [6, 6.07) is 0.229. The zero-order chi connectivity index (χ0) is 12.3. The van der Waals surface area contributed by atoms with Crippen molar-refractivity contribution < 1.29 is 4.79 Å². The van der Waals surface area contributed by atoms with Gasteiger partial charge in [-0.25, -0.2) is 4.98 Å². The molecule has 1 fully saturated rings. The molecule has 5 nitrogen and oxygen atoms in total. The average Bonchev–Trinajstić information content (AvgIpc) is 2.33. The SMILES string of the molecule is Cc1cnc(C(=O)NC2CCNCC2C)cn1.Cl.Cl. The Labute approximate surface area is 125 Å². The Morgan fingerprint density at radius 3 is 2.68 bits per heavy atom. The predicted molar refractivity (Wildman–Crippen MR) is 79.2 cm³/mol. The molecular weight excluding hydrogens is 287 g/mol. The molecule has 1 aliphatic rings. The van der Waals surface area contributed by atoms with Crippen LogP contribution >= 0.6 is 24.8 Å². The van der Waals surface area contributed by atoms with Crippen LogP contribution in [0, 0.1) is 12.8 Å². The molecule has 0 bridgehead atoms. The lowest BCUT2D eigenvalue weighted by Gasteiger charge is -2.30. The quantitative estimate of drug-likeness (QED) is 0.866. The van der Waals surface area contributed by atoms with Crippen molar-refractivity contribution in [3.8, 4) is 0 Å². The Morgan fingerprint density at radius 2 is 2.11 bits per heavy atom. The Balaban J connectivity index is 0.00000162. The van der Waals surface area contributed by atoms with Crippen LogP contribution in [0.15, 0.2) is 12.4 Å². The molecule has 1 aliphatic heterocycles. The van der Waals surface area contributed by atoms with Gasteiger partial charge >= 0.3 is 0 Å². The van der Waals surface area contributed by atoms with Crippen LogP contribution in [0.5, 0.6) is 0 Å². The minimum absolute atomic E-state index is 0. The number of nitrogens with one attached hydrogen (secondary N) is 2. The van der Waals surface area contributed by atoms with Crippen molar-refractivity contribution in [3.05, 3.63) is 23.8 Å². The Bertz CT molecular complexity index is 399. The maximum absolute atomic E-state index is 11.9. The van der Waals surface area contributed by atoms with Gasteiger partial charge in [-0.3, -0.25) is 9.78 Å². The van der Waals surface area contributed by atoms with Crippen LogP contribution in [-0.2, 0) is 0 Å². The number of rotatable bonds is 2. The highest BCUT2D eigenvalue weighted by Crippen LogP contribution is 2.10. The monoisotopic (exact) mass is 306 g/mol. The van der Waals surface area contributed by atoms with Crippen molar-refractivity contribution in [2.75, 3.05) is 13.1 Å². The first-order valence-corrected chi connectivity index (χ1v) is 5.97. The van der Waals surface area contributed by atoms with E-state index in [-0.39, 0.29) is 36.8 Å². The van der Waals surface area contributed by atoms with Gasteiger partial charge in [0.1, 0.15) is 5.69 Å². The number of hydrogen-bond donors (Lipinski definition) is 2. The lowest BCUT2D eigenvalue weighted by Crippen LogP contribution is -2.48. The van der Waals surface area contributed by atoms with E-state index in [1.54, 1.807) is 6.20 Å². The predicted octanol–water partition coefficient (Wildman–Crippen LogP) is 1.36.